The molecule has 0 aromatic heterocycles. The van der Waals surface area contributed by atoms with E-state index in [4.69, 9.17) is 15.6 Å². The van der Waals surface area contributed by atoms with E-state index in [-0.39, 0.29) is 29.0 Å². The van der Waals surface area contributed by atoms with Crippen LogP contribution in [0.1, 0.15) is 81.1 Å². The molecule has 26 heavy (non-hydrogen) atoms. The van der Waals surface area contributed by atoms with E-state index in [1.807, 2.05) is 55.4 Å². The van der Waals surface area contributed by atoms with Gasteiger partial charge >= 0.3 is 5.97 Å². The second-order valence-corrected chi connectivity index (χ2v) is 10.6. The Labute approximate surface area is 157 Å². The van der Waals surface area contributed by atoms with Crippen LogP contribution >= 0.6 is 0 Å². The average Bonchev–Trinajstić information content (AvgIpc) is 2.40. The molecule has 2 rings (SSSR count). The minimum absolute atomic E-state index is 0.0889. The lowest BCUT2D eigenvalue weighted by Gasteiger charge is -2.52. The van der Waals surface area contributed by atoms with Gasteiger partial charge in [0.2, 0.25) is 0 Å². The molecule has 0 unspecified atom stereocenters. The van der Waals surface area contributed by atoms with E-state index < -0.39 is 11.1 Å². The van der Waals surface area contributed by atoms with Gasteiger partial charge in [-0.1, -0.05) is 4.99 Å². The van der Waals surface area contributed by atoms with Gasteiger partial charge in [-0.2, -0.15) is 5.06 Å². The summed E-state index contributed by atoms with van der Waals surface area (Å²) in [6.07, 6.45) is 2.54. The van der Waals surface area contributed by atoms with E-state index in [1.165, 1.54) is 5.06 Å². The van der Waals surface area contributed by atoms with E-state index in [2.05, 4.69) is 0 Å². The number of hydrogen-bond donors (Lipinski definition) is 2. The van der Waals surface area contributed by atoms with Crippen LogP contribution < -0.4 is 5.73 Å². The molecule has 0 aliphatic carbocycles. The summed E-state index contributed by atoms with van der Waals surface area (Å²) in [4.78, 5) is 23.6. The van der Waals surface area contributed by atoms with Crippen LogP contribution in [0.5, 0.6) is 0 Å². The maximum absolute atomic E-state index is 12.7. The summed E-state index contributed by atoms with van der Waals surface area (Å²) in [5.74, 6) is -0.720. The van der Waals surface area contributed by atoms with Crippen LogP contribution in [-0.4, -0.2) is 49.5 Å². The highest BCUT2D eigenvalue weighted by Gasteiger charge is 2.50. The van der Waals surface area contributed by atoms with Gasteiger partial charge in [0.05, 0.1) is 5.92 Å². The number of piperidine rings is 2. The fraction of sp³-hybridized carbons (Fsp3) is 0.947. The Morgan fingerprint density at radius 1 is 0.885 bits per heavy atom. The lowest BCUT2D eigenvalue weighted by Crippen LogP contribution is -2.63. The van der Waals surface area contributed by atoms with Crippen LogP contribution in [0, 0.1) is 5.92 Å². The van der Waals surface area contributed by atoms with Gasteiger partial charge in [-0.15, -0.1) is 5.06 Å². The molecule has 2 aliphatic heterocycles. The summed E-state index contributed by atoms with van der Waals surface area (Å²) in [6.45, 7) is 15.9. The van der Waals surface area contributed by atoms with Crippen molar-refractivity contribution in [3.05, 3.63) is 0 Å². The molecule has 0 spiro atoms. The van der Waals surface area contributed by atoms with Crippen molar-refractivity contribution in [3.8, 4) is 0 Å². The summed E-state index contributed by atoms with van der Waals surface area (Å²) >= 11 is 0. The largest absolute Gasteiger partial charge is 0.347 e. The minimum Gasteiger partial charge on any atom is -0.328 e. The second kappa shape index (κ2) is 6.71. The zero-order valence-electron chi connectivity index (χ0n) is 17.6. The quantitative estimate of drug-likeness (QED) is 0.582. The predicted octanol–water partition coefficient (Wildman–Crippen LogP) is 3.01. The summed E-state index contributed by atoms with van der Waals surface area (Å²) in [7, 11) is 0. The van der Waals surface area contributed by atoms with Crippen molar-refractivity contribution < 1.29 is 19.9 Å². The number of hydroxylamine groups is 4. The average molecular weight is 372 g/mol. The number of carbonyl (C=O) groups is 1. The maximum atomic E-state index is 12.7. The van der Waals surface area contributed by atoms with E-state index in [9.17, 15) is 10.0 Å². The monoisotopic (exact) mass is 371 g/mol. The van der Waals surface area contributed by atoms with Crippen LogP contribution in [0.25, 0.3) is 0 Å². The third-order valence-corrected chi connectivity index (χ3v) is 5.79. The third-order valence-electron chi connectivity index (χ3n) is 5.79. The Hall–Kier alpha value is -0.730. The number of carbonyl (C=O) groups excluding carboxylic acids is 1. The van der Waals surface area contributed by atoms with Crippen molar-refractivity contribution in [1.29, 1.82) is 0 Å². The summed E-state index contributed by atoms with van der Waals surface area (Å²) < 4.78 is 0. The summed E-state index contributed by atoms with van der Waals surface area (Å²) in [5, 5.41) is 13.5. The zero-order chi connectivity index (χ0) is 20.1. The standard InChI is InChI=1S/C19H37N3O4/c1-16(2)9-13(10-17(3,4)21(16)24)15(23)25-26-22-18(5,6)11-14(20)12-19(22,7)8/h13-14,24H,9-12,20H2,1-8H3. The fourth-order valence-electron chi connectivity index (χ4n) is 5.12. The van der Waals surface area contributed by atoms with Gasteiger partial charge in [0.1, 0.15) is 0 Å². The lowest BCUT2D eigenvalue weighted by atomic mass is 9.75. The van der Waals surface area contributed by atoms with E-state index in [0.29, 0.717) is 12.8 Å². The topological polar surface area (TPSA) is 88.3 Å². The van der Waals surface area contributed by atoms with Crippen molar-refractivity contribution in [1.82, 2.24) is 10.1 Å². The van der Waals surface area contributed by atoms with Crippen LogP contribution in [0.2, 0.25) is 0 Å². The predicted molar refractivity (Wildman–Crippen MR) is 98.9 cm³/mol. The lowest BCUT2D eigenvalue weighted by molar-refractivity contribution is -0.452. The first-order valence-electron chi connectivity index (χ1n) is 9.52. The van der Waals surface area contributed by atoms with Gasteiger partial charge in [-0.05, 0) is 81.1 Å². The molecular weight excluding hydrogens is 334 g/mol. The van der Waals surface area contributed by atoms with Crippen molar-refractivity contribution >= 4 is 5.97 Å². The molecule has 0 amide bonds. The van der Waals surface area contributed by atoms with Crippen LogP contribution in [-0.2, 0) is 14.7 Å². The number of hydrogen-bond acceptors (Lipinski definition) is 7. The summed E-state index contributed by atoms with van der Waals surface area (Å²) in [5.41, 5.74) is 4.47. The Balaban J connectivity index is 2.06. The first-order chi connectivity index (χ1) is 11.6. The van der Waals surface area contributed by atoms with E-state index >= 15 is 0 Å². The molecule has 0 radical (unpaired) electrons. The van der Waals surface area contributed by atoms with Gasteiger partial charge in [0, 0.05) is 28.2 Å². The van der Waals surface area contributed by atoms with Crippen molar-refractivity contribution in [2.45, 2.75) is 109 Å². The number of nitrogens with two attached hydrogens (primary N) is 1. The molecule has 2 aliphatic rings. The molecule has 152 valence electrons. The Morgan fingerprint density at radius 3 is 1.73 bits per heavy atom. The first kappa shape index (κ1) is 21.6. The van der Waals surface area contributed by atoms with Gasteiger partial charge in [-0.3, -0.25) is 4.89 Å². The molecule has 0 atom stereocenters. The molecule has 0 aromatic carbocycles. The molecule has 7 heteroatoms. The highest BCUT2D eigenvalue weighted by atomic mass is 17.3. The van der Waals surface area contributed by atoms with E-state index in [1.54, 1.807) is 5.06 Å². The summed E-state index contributed by atoms with van der Waals surface area (Å²) in [6, 6.07) is 0.0889. The molecule has 0 bridgehead atoms. The van der Waals surface area contributed by atoms with Crippen LogP contribution in [0.3, 0.4) is 0 Å². The molecule has 7 nitrogen and oxygen atoms in total. The smallest absolute Gasteiger partial charge is 0.328 e. The fourth-order valence-corrected chi connectivity index (χ4v) is 5.12. The minimum atomic E-state index is -0.512. The highest BCUT2D eigenvalue weighted by molar-refractivity contribution is 5.72. The van der Waals surface area contributed by atoms with Crippen molar-refractivity contribution in [2.24, 2.45) is 11.7 Å². The normalized spacial score (nSPS) is 29.5. The Morgan fingerprint density at radius 2 is 1.31 bits per heavy atom. The molecule has 0 aromatic rings. The molecule has 2 saturated heterocycles. The molecule has 3 N–H and O–H groups in total. The zero-order valence-corrected chi connectivity index (χ0v) is 17.6. The third kappa shape index (κ3) is 4.22. The number of rotatable bonds is 3. The molecule has 0 saturated carbocycles. The van der Waals surface area contributed by atoms with Crippen LogP contribution in [0.4, 0.5) is 0 Å². The van der Waals surface area contributed by atoms with Gasteiger partial charge < -0.3 is 10.9 Å². The van der Waals surface area contributed by atoms with Gasteiger partial charge in [-0.25, -0.2) is 4.79 Å². The van der Waals surface area contributed by atoms with Crippen LogP contribution in [0.15, 0.2) is 0 Å². The van der Waals surface area contributed by atoms with Gasteiger partial charge in [0.15, 0.2) is 0 Å². The van der Waals surface area contributed by atoms with E-state index in [0.717, 1.165) is 12.8 Å². The maximum Gasteiger partial charge on any atom is 0.347 e. The van der Waals surface area contributed by atoms with Crippen molar-refractivity contribution in [2.75, 3.05) is 0 Å². The molecular formula is C19H37N3O4. The van der Waals surface area contributed by atoms with Gasteiger partial charge in [0.25, 0.3) is 0 Å². The van der Waals surface area contributed by atoms with Crippen molar-refractivity contribution in [3.63, 3.8) is 0 Å². The Bertz CT molecular complexity index is 509. The first-order valence-corrected chi connectivity index (χ1v) is 9.52. The Kier molecular flexibility index (Phi) is 5.56. The molecule has 2 fully saturated rings. The SMILES string of the molecule is CC1(C)CC(C(=O)OON2C(C)(C)CC(N)CC2(C)C)CC(C)(C)N1O. The second-order valence-electron chi connectivity index (χ2n) is 10.6. The highest BCUT2D eigenvalue weighted by Crippen LogP contribution is 2.41. The number of nitrogens with zero attached hydrogens (tertiary/aromatic N) is 2. The molecule has 2 heterocycles.